The van der Waals surface area contributed by atoms with E-state index in [1.807, 2.05) is 48.5 Å². The molecule has 0 spiro atoms. The molecule has 2 fully saturated rings. The van der Waals surface area contributed by atoms with E-state index in [0.29, 0.717) is 38.5 Å². The predicted molar refractivity (Wildman–Crippen MR) is 316 cm³/mol. The summed E-state index contributed by atoms with van der Waals surface area (Å²) < 4.78 is 0. The molecule has 2 saturated heterocycles. The van der Waals surface area contributed by atoms with Gasteiger partial charge in [0.25, 0.3) is 0 Å². The molecular weight excluding hydrogens is 1080 g/mol. The molecule has 2 rings (SSSR count). The topological polar surface area (TPSA) is 366 Å². The molecule has 2 heterocycles. The van der Waals surface area contributed by atoms with E-state index in [2.05, 4.69) is 47.9 Å². The van der Waals surface area contributed by atoms with Crippen molar-refractivity contribution in [1.29, 1.82) is 0 Å². The van der Waals surface area contributed by atoms with Crippen LogP contribution < -0.4 is 53.6 Å². The van der Waals surface area contributed by atoms with Gasteiger partial charge >= 0.3 is 0 Å². The van der Waals surface area contributed by atoms with E-state index in [1.54, 1.807) is 20.8 Å². The third-order valence-corrected chi connectivity index (χ3v) is 15.5. The zero-order chi connectivity index (χ0) is 64.4. The maximum absolute atomic E-state index is 14.5. The van der Waals surface area contributed by atoms with E-state index < -0.39 is 142 Å². The molecule has 0 aromatic rings. The van der Waals surface area contributed by atoms with Crippen molar-refractivity contribution in [3.8, 4) is 0 Å². The van der Waals surface area contributed by atoms with Crippen LogP contribution in [0.25, 0.3) is 0 Å². The molecular formula is C59H104N12O13. The number of hydrogen-bond donors (Lipinski definition) is 11. The van der Waals surface area contributed by atoms with Crippen LogP contribution in [0.5, 0.6) is 0 Å². The molecule has 84 heavy (non-hydrogen) atoms. The number of aliphatic hydroxyl groups excluding tert-OH is 1. The maximum Gasteiger partial charge on any atom is 0.248 e. The number of nitrogens with zero attached hydrogens (tertiary/aromatic N) is 2. The number of hydrogen-bond acceptors (Lipinski definition) is 13. The quantitative estimate of drug-likeness (QED) is 0.0439. The molecule has 0 aromatic carbocycles. The molecule has 0 aliphatic carbocycles. The van der Waals surface area contributed by atoms with E-state index in [4.69, 9.17) is 5.73 Å². The van der Waals surface area contributed by atoms with Gasteiger partial charge in [0.2, 0.25) is 70.9 Å². The standard InChI is InChI=1S/C59H104N12O13/c1-18-35(9)45(65-47(75)39(24-25-44(60)74)64-54(82)57(12,13)67-37(11)73)52(80)62-40(29-33(5)6)48(76)69-59(16,17)56(84)71-27-21-23-43(71)51(79)66-46(36(10)19-2)53(81)63-41(30-34(7)8)49(77)68-58(14,15)55(83)70-26-20-22-42(70)50(78)61-38(31-72)28-32(3)4/h32-36,38-43,45-46,72H,18-31H2,1-17H3,(H2,60,74)(H,61,78)(H,62,80)(H,63,81)(H,64,82)(H,65,75)(H,66,79)(H,67,73)(H,68,77)(H,69,76)/t35-,36-,38-,39-,40-,41-,42-,43-,45-,46-/m0/s1. The van der Waals surface area contributed by atoms with Gasteiger partial charge in [0.1, 0.15) is 58.9 Å². The lowest BCUT2D eigenvalue weighted by atomic mass is 9.95. The first kappa shape index (κ1) is 73.7. The van der Waals surface area contributed by atoms with Gasteiger partial charge < -0.3 is 68.5 Å². The molecule has 0 radical (unpaired) electrons. The van der Waals surface area contributed by atoms with E-state index in [1.165, 1.54) is 58.3 Å². The number of primary amides is 1. The average molecular weight is 1190 g/mol. The highest BCUT2D eigenvalue weighted by atomic mass is 16.3. The van der Waals surface area contributed by atoms with Crippen molar-refractivity contribution < 1.29 is 62.6 Å². The second-order valence-corrected chi connectivity index (χ2v) is 26.0. The van der Waals surface area contributed by atoms with Crippen molar-refractivity contribution >= 4 is 70.9 Å². The Morgan fingerprint density at radius 1 is 0.512 bits per heavy atom. The molecule has 2 aliphatic heterocycles. The van der Waals surface area contributed by atoms with E-state index in [9.17, 15) is 62.6 Å². The fourth-order valence-corrected chi connectivity index (χ4v) is 10.5. The second-order valence-electron chi connectivity index (χ2n) is 26.0. The largest absolute Gasteiger partial charge is 0.394 e. The molecule has 12 amide bonds. The van der Waals surface area contributed by atoms with Crippen molar-refractivity contribution in [3.05, 3.63) is 0 Å². The van der Waals surface area contributed by atoms with Crippen LogP contribution in [0.2, 0.25) is 0 Å². The van der Waals surface area contributed by atoms with Crippen LogP contribution in [0.15, 0.2) is 0 Å². The van der Waals surface area contributed by atoms with Crippen LogP contribution in [0, 0.1) is 29.6 Å². The minimum atomic E-state index is -1.65. The van der Waals surface area contributed by atoms with Gasteiger partial charge in [-0.05, 0) is 122 Å². The zero-order valence-electron chi connectivity index (χ0n) is 53.2. The van der Waals surface area contributed by atoms with Crippen LogP contribution in [0.4, 0.5) is 0 Å². The van der Waals surface area contributed by atoms with E-state index in [0.717, 1.165) is 0 Å². The number of nitrogens with one attached hydrogen (secondary N) is 9. The summed E-state index contributed by atoms with van der Waals surface area (Å²) in [6.45, 7) is 28.7. The maximum atomic E-state index is 14.5. The molecule has 0 bridgehead atoms. The Balaban J connectivity index is 2.33. The van der Waals surface area contributed by atoms with Crippen LogP contribution in [0.3, 0.4) is 0 Å². The molecule has 0 saturated carbocycles. The van der Waals surface area contributed by atoms with E-state index in [-0.39, 0.29) is 75.5 Å². The van der Waals surface area contributed by atoms with Gasteiger partial charge in [-0.2, -0.15) is 0 Å². The minimum Gasteiger partial charge on any atom is -0.394 e. The van der Waals surface area contributed by atoms with Crippen LogP contribution in [-0.2, 0) is 57.5 Å². The number of amides is 12. The first-order valence-electron chi connectivity index (χ1n) is 30.1. The monoisotopic (exact) mass is 1190 g/mol. The number of carbonyl (C=O) groups excluding carboxylic acids is 12. The Morgan fingerprint density at radius 2 is 0.917 bits per heavy atom. The normalized spacial score (nSPS) is 18.5. The first-order chi connectivity index (χ1) is 38.8. The number of aliphatic hydroxyl groups is 1. The number of nitrogens with two attached hydrogens (primary N) is 1. The van der Waals surface area contributed by atoms with Crippen molar-refractivity contribution in [1.82, 2.24) is 57.7 Å². The molecule has 478 valence electrons. The summed E-state index contributed by atoms with van der Waals surface area (Å²) in [5, 5.41) is 34.6. The highest BCUT2D eigenvalue weighted by Crippen LogP contribution is 2.25. The summed E-state index contributed by atoms with van der Waals surface area (Å²) in [7, 11) is 0. The smallest absolute Gasteiger partial charge is 0.248 e. The molecule has 25 heteroatoms. The van der Waals surface area contributed by atoms with Gasteiger partial charge in [-0.1, -0.05) is 82.1 Å². The molecule has 12 N–H and O–H groups in total. The Kier molecular flexibility index (Phi) is 28.7. The zero-order valence-corrected chi connectivity index (χ0v) is 53.2. The van der Waals surface area contributed by atoms with Gasteiger partial charge in [-0.3, -0.25) is 57.5 Å². The first-order valence-corrected chi connectivity index (χ1v) is 30.1. The molecule has 25 nitrogen and oxygen atoms in total. The molecule has 0 unspecified atom stereocenters. The van der Waals surface area contributed by atoms with Crippen LogP contribution >= 0.6 is 0 Å². The molecule has 0 aromatic heterocycles. The lowest BCUT2D eigenvalue weighted by Crippen LogP contribution is -2.64. The summed E-state index contributed by atoms with van der Waals surface area (Å²) in [6.07, 6.45) is 2.72. The molecule has 2 aliphatic rings. The summed E-state index contributed by atoms with van der Waals surface area (Å²) >= 11 is 0. The summed E-state index contributed by atoms with van der Waals surface area (Å²) in [5.41, 5.74) is 0.763. The van der Waals surface area contributed by atoms with Crippen LogP contribution in [-0.4, -0.2) is 170 Å². The van der Waals surface area contributed by atoms with Crippen LogP contribution in [0.1, 0.15) is 188 Å². The third kappa shape index (κ3) is 22.2. The Morgan fingerprint density at radius 3 is 1.29 bits per heavy atom. The predicted octanol–water partition coefficient (Wildman–Crippen LogP) is 1.07. The van der Waals surface area contributed by atoms with Crippen molar-refractivity contribution in [2.75, 3.05) is 19.7 Å². The average Bonchev–Trinajstić information content (AvgIpc) is 3.20. The summed E-state index contributed by atoms with van der Waals surface area (Å²) in [6, 6.07) is -8.49. The lowest BCUT2D eigenvalue weighted by molar-refractivity contribution is -0.146. The van der Waals surface area contributed by atoms with Crippen molar-refractivity contribution in [2.24, 2.45) is 35.3 Å². The molecule has 10 atom stereocenters. The van der Waals surface area contributed by atoms with Gasteiger partial charge in [-0.15, -0.1) is 0 Å². The number of likely N-dealkylation sites (tertiary alicyclic amines) is 2. The van der Waals surface area contributed by atoms with Gasteiger partial charge in [-0.25, -0.2) is 0 Å². The van der Waals surface area contributed by atoms with Gasteiger partial charge in [0, 0.05) is 26.4 Å². The highest BCUT2D eigenvalue weighted by Gasteiger charge is 2.46. The number of rotatable bonds is 33. The van der Waals surface area contributed by atoms with Gasteiger partial charge in [0.15, 0.2) is 0 Å². The fraction of sp³-hybridized carbons (Fsp3) is 0.797. The SMILES string of the molecule is CC[C@H](C)[C@H](NC(=O)[C@H](CCC(N)=O)NC(=O)C(C)(C)NC(C)=O)C(=O)N[C@@H](CC(C)C)C(=O)NC(C)(C)C(=O)N1CCC[C@H]1C(=O)N[C@H](C(=O)N[C@@H](CC(C)C)C(=O)NC(C)(C)C(=O)N1CCC[C@H]1C(=O)N[C@H](CO)CC(C)C)[C@@H](C)CC. The second kappa shape index (κ2) is 32.8. The third-order valence-electron chi connectivity index (χ3n) is 15.5. The van der Waals surface area contributed by atoms with Gasteiger partial charge in [0.05, 0.1) is 12.6 Å². The summed E-state index contributed by atoms with van der Waals surface area (Å²) in [4.78, 5) is 167. The van der Waals surface area contributed by atoms with Crippen molar-refractivity contribution in [2.45, 2.75) is 253 Å². The van der Waals surface area contributed by atoms with E-state index >= 15 is 0 Å². The summed E-state index contributed by atoms with van der Waals surface area (Å²) in [5.74, 6) is -8.75. The lowest BCUT2D eigenvalue weighted by Gasteiger charge is -2.36. The highest BCUT2D eigenvalue weighted by molar-refractivity contribution is 6.01. The Bertz CT molecular complexity index is 2340. The minimum absolute atomic E-state index is 0.104. The number of carbonyl (C=O) groups is 12. The fourth-order valence-electron chi connectivity index (χ4n) is 10.5. The Hall–Kier alpha value is -6.40. The Labute approximate surface area is 497 Å². The van der Waals surface area contributed by atoms with Crippen molar-refractivity contribution in [3.63, 3.8) is 0 Å².